The average molecular weight is 346 g/mol. The van der Waals surface area contributed by atoms with Gasteiger partial charge in [0, 0.05) is 6.04 Å². The molecule has 0 heterocycles. The Hall–Kier alpha value is -1.88. The summed E-state index contributed by atoms with van der Waals surface area (Å²) < 4.78 is 0. The minimum absolute atomic E-state index is 0.0637. The van der Waals surface area contributed by atoms with E-state index in [1.54, 1.807) is 0 Å². The lowest BCUT2D eigenvalue weighted by molar-refractivity contribution is -0.141. The van der Waals surface area contributed by atoms with Gasteiger partial charge in [0.25, 0.3) is 0 Å². The molecular formula is C20H30N2O3. The van der Waals surface area contributed by atoms with Crippen LogP contribution in [0.25, 0.3) is 0 Å². The summed E-state index contributed by atoms with van der Waals surface area (Å²) in [6.45, 7) is 3.86. The van der Waals surface area contributed by atoms with Gasteiger partial charge in [0.05, 0.1) is 0 Å². The normalized spacial score (nSPS) is 19.0. The van der Waals surface area contributed by atoms with Gasteiger partial charge in [-0.3, -0.25) is 14.9 Å². The second-order valence-corrected chi connectivity index (χ2v) is 7.06. The number of rotatable bonds is 8. The molecule has 1 aliphatic rings. The van der Waals surface area contributed by atoms with Crippen LogP contribution in [0.1, 0.15) is 64.0 Å². The minimum Gasteiger partial charge on any atom is -0.480 e. The lowest BCUT2D eigenvalue weighted by atomic mass is 9.94. The van der Waals surface area contributed by atoms with E-state index in [4.69, 9.17) is 0 Å². The van der Waals surface area contributed by atoms with Gasteiger partial charge in [-0.25, -0.2) is 0 Å². The van der Waals surface area contributed by atoms with Crippen LogP contribution in [0.3, 0.4) is 0 Å². The summed E-state index contributed by atoms with van der Waals surface area (Å²) >= 11 is 0. The number of carboxylic acids is 1. The number of aliphatic carboxylic acids is 1. The topological polar surface area (TPSA) is 78.4 Å². The van der Waals surface area contributed by atoms with Crippen LogP contribution in [-0.2, 0) is 9.59 Å². The standard InChI is InChI=1S/C20H30N2O3/c1-3-14(2)17(20(24)25)22-18(15-10-6-4-7-11-15)19(23)21-16-12-8-5-9-13-16/h4,6-7,10-11,14,16-18,22H,3,5,8-9,12-13H2,1-2H3,(H,21,23)(H,24,25)/t14-,17-,18?/m0/s1. The van der Waals surface area contributed by atoms with Crippen molar-refractivity contribution in [2.24, 2.45) is 5.92 Å². The number of carbonyl (C=O) groups is 2. The fraction of sp³-hybridized carbons (Fsp3) is 0.600. The van der Waals surface area contributed by atoms with Crippen LogP contribution in [0.4, 0.5) is 0 Å². The third-order valence-corrected chi connectivity index (χ3v) is 5.17. The minimum atomic E-state index is -0.916. The Morgan fingerprint density at radius 1 is 1.16 bits per heavy atom. The van der Waals surface area contributed by atoms with E-state index in [9.17, 15) is 14.7 Å². The fourth-order valence-corrected chi connectivity index (χ4v) is 3.39. The molecule has 3 atom stereocenters. The predicted octanol–water partition coefficient (Wildman–Crippen LogP) is 3.27. The molecule has 0 radical (unpaired) electrons. The van der Waals surface area contributed by atoms with Gasteiger partial charge in [0.1, 0.15) is 12.1 Å². The van der Waals surface area contributed by atoms with Crippen LogP contribution in [0.2, 0.25) is 0 Å². The van der Waals surface area contributed by atoms with Crippen LogP contribution in [-0.4, -0.2) is 29.1 Å². The summed E-state index contributed by atoms with van der Waals surface area (Å²) in [5.74, 6) is -1.11. The van der Waals surface area contributed by atoms with Crippen molar-refractivity contribution in [1.29, 1.82) is 0 Å². The zero-order valence-corrected chi connectivity index (χ0v) is 15.2. The molecule has 1 amide bonds. The van der Waals surface area contributed by atoms with Gasteiger partial charge >= 0.3 is 5.97 Å². The Kier molecular flexibility index (Phi) is 7.44. The molecule has 5 heteroatoms. The molecule has 138 valence electrons. The Morgan fingerprint density at radius 2 is 1.80 bits per heavy atom. The maximum atomic E-state index is 12.9. The molecule has 1 aliphatic carbocycles. The number of nitrogens with one attached hydrogen (secondary N) is 2. The summed E-state index contributed by atoms with van der Waals surface area (Å²) in [7, 11) is 0. The van der Waals surface area contributed by atoms with E-state index in [0.29, 0.717) is 0 Å². The molecule has 1 saturated carbocycles. The van der Waals surface area contributed by atoms with Gasteiger partial charge in [0.2, 0.25) is 5.91 Å². The first-order valence-corrected chi connectivity index (χ1v) is 9.37. The number of benzene rings is 1. The van der Waals surface area contributed by atoms with Crippen LogP contribution >= 0.6 is 0 Å². The smallest absolute Gasteiger partial charge is 0.321 e. The van der Waals surface area contributed by atoms with Gasteiger partial charge in [0.15, 0.2) is 0 Å². The van der Waals surface area contributed by atoms with Gasteiger partial charge in [-0.2, -0.15) is 0 Å². The quantitative estimate of drug-likeness (QED) is 0.675. The first-order valence-electron chi connectivity index (χ1n) is 9.37. The molecule has 2 rings (SSSR count). The average Bonchev–Trinajstić information content (AvgIpc) is 2.63. The molecule has 1 unspecified atom stereocenters. The first-order chi connectivity index (χ1) is 12.0. The van der Waals surface area contributed by atoms with Gasteiger partial charge in [-0.15, -0.1) is 0 Å². The third-order valence-electron chi connectivity index (χ3n) is 5.17. The van der Waals surface area contributed by atoms with Crippen molar-refractivity contribution in [3.8, 4) is 0 Å². The number of carboxylic acid groups (broad SMARTS) is 1. The Morgan fingerprint density at radius 3 is 2.36 bits per heavy atom. The van der Waals surface area contributed by atoms with Crippen molar-refractivity contribution in [3.63, 3.8) is 0 Å². The zero-order valence-electron chi connectivity index (χ0n) is 15.2. The second kappa shape index (κ2) is 9.56. The number of amides is 1. The van der Waals surface area contributed by atoms with E-state index in [2.05, 4.69) is 10.6 Å². The van der Waals surface area contributed by atoms with Crippen molar-refractivity contribution < 1.29 is 14.7 Å². The lowest BCUT2D eigenvalue weighted by Crippen LogP contribution is -2.50. The number of hydrogen-bond acceptors (Lipinski definition) is 3. The highest BCUT2D eigenvalue weighted by molar-refractivity contribution is 5.84. The molecule has 0 aromatic heterocycles. The molecule has 1 aromatic carbocycles. The van der Waals surface area contributed by atoms with Crippen molar-refractivity contribution in [2.75, 3.05) is 0 Å². The monoisotopic (exact) mass is 346 g/mol. The van der Waals surface area contributed by atoms with E-state index in [-0.39, 0.29) is 17.9 Å². The summed E-state index contributed by atoms with van der Waals surface area (Å²) in [6.07, 6.45) is 6.23. The van der Waals surface area contributed by atoms with Crippen LogP contribution < -0.4 is 10.6 Å². The highest BCUT2D eigenvalue weighted by Gasteiger charge is 2.31. The van der Waals surface area contributed by atoms with E-state index in [0.717, 1.165) is 37.7 Å². The zero-order chi connectivity index (χ0) is 18.2. The molecule has 1 fully saturated rings. The van der Waals surface area contributed by atoms with Crippen molar-refractivity contribution in [1.82, 2.24) is 10.6 Å². The molecule has 1 aromatic rings. The van der Waals surface area contributed by atoms with E-state index in [1.165, 1.54) is 6.42 Å². The fourth-order valence-electron chi connectivity index (χ4n) is 3.39. The largest absolute Gasteiger partial charge is 0.480 e. The highest BCUT2D eigenvalue weighted by atomic mass is 16.4. The number of carbonyl (C=O) groups excluding carboxylic acids is 1. The van der Waals surface area contributed by atoms with Crippen molar-refractivity contribution in [3.05, 3.63) is 35.9 Å². The Bertz CT molecular complexity index is 555. The molecule has 3 N–H and O–H groups in total. The Balaban J connectivity index is 2.17. The molecule has 0 aliphatic heterocycles. The van der Waals surface area contributed by atoms with Crippen LogP contribution in [0, 0.1) is 5.92 Å². The third kappa shape index (κ3) is 5.56. The summed E-state index contributed by atoms with van der Waals surface area (Å²) in [6, 6.07) is 8.16. The van der Waals surface area contributed by atoms with Crippen LogP contribution in [0.5, 0.6) is 0 Å². The molecule has 0 bridgehead atoms. The molecule has 25 heavy (non-hydrogen) atoms. The maximum Gasteiger partial charge on any atom is 0.321 e. The Labute approximate surface area is 150 Å². The summed E-state index contributed by atoms with van der Waals surface area (Å²) in [5.41, 5.74) is 0.797. The van der Waals surface area contributed by atoms with Gasteiger partial charge < -0.3 is 10.4 Å². The van der Waals surface area contributed by atoms with Gasteiger partial charge in [-0.1, -0.05) is 69.9 Å². The molecule has 5 nitrogen and oxygen atoms in total. The second-order valence-electron chi connectivity index (χ2n) is 7.06. The number of hydrogen-bond donors (Lipinski definition) is 3. The van der Waals surface area contributed by atoms with Crippen molar-refractivity contribution >= 4 is 11.9 Å². The summed E-state index contributed by atoms with van der Waals surface area (Å²) in [5, 5.41) is 15.8. The van der Waals surface area contributed by atoms with E-state index in [1.807, 2.05) is 44.2 Å². The van der Waals surface area contributed by atoms with Crippen molar-refractivity contribution in [2.45, 2.75) is 70.5 Å². The summed E-state index contributed by atoms with van der Waals surface area (Å²) in [4.78, 5) is 24.6. The van der Waals surface area contributed by atoms with E-state index >= 15 is 0 Å². The van der Waals surface area contributed by atoms with Gasteiger partial charge in [-0.05, 0) is 24.3 Å². The lowest BCUT2D eigenvalue weighted by Gasteiger charge is -2.29. The van der Waals surface area contributed by atoms with E-state index < -0.39 is 18.1 Å². The first kappa shape index (κ1) is 19.4. The van der Waals surface area contributed by atoms with Crippen LogP contribution in [0.15, 0.2) is 30.3 Å². The molecular weight excluding hydrogens is 316 g/mol. The maximum absolute atomic E-state index is 12.9. The highest BCUT2D eigenvalue weighted by Crippen LogP contribution is 2.21. The molecule has 0 saturated heterocycles. The molecule has 0 spiro atoms. The predicted molar refractivity (Wildman–Crippen MR) is 98.2 cm³/mol. The SMILES string of the molecule is CC[C@H](C)[C@H](NC(C(=O)NC1CCCCC1)c1ccccc1)C(=O)O.